The number of halogens is 1. The van der Waals surface area contributed by atoms with Gasteiger partial charge in [0.15, 0.2) is 0 Å². The lowest BCUT2D eigenvalue weighted by Gasteiger charge is -2.22. The zero-order valence-corrected chi connectivity index (χ0v) is 15.2. The lowest BCUT2D eigenvalue weighted by atomic mass is 10.1. The molecule has 0 fully saturated rings. The fourth-order valence-electron chi connectivity index (χ4n) is 3.14. The van der Waals surface area contributed by atoms with Crippen molar-refractivity contribution in [2.24, 2.45) is 12.0 Å². The van der Waals surface area contributed by atoms with Gasteiger partial charge in [-0.05, 0) is 30.4 Å². The highest BCUT2D eigenvalue weighted by atomic mass is 19.1. The van der Waals surface area contributed by atoms with Gasteiger partial charge in [0.1, 0.15) is 41.3 Å². The quantitative estimate of drug-likeness (QED) is 0.839. The average Bonchev–Trinajstić information content (AvgIpc) is 3.06. The zero-order valence-electron chi connectivity index (χ0n) is 15.2. The van der Waals surface area contributed by atoms with Crippen molar-refractivity contribution >= 4 is 5.82 Å². The smallest absolute Gasteiger partial charge is 0.131 e. The topological polar surface area (TPSA) is 59.8 Å². The van der Waals surface area contributed by atoms with Crippen LogP contribution in [0.1, 0.15) is 6.42 Å². The second-order valence-corrected chi connectivity index (χ2v) is 6.35. The monoisotopic (exact) mass is 368 g/mol. The molecule has 0 bridgehead atoms. The van der Waals surface area contributed by atoms with Gasteiger partial charge in [0, 0.05) is 25.7 Å². The van der Waals surface area contributed by atoms with Crippen molar-refractivity contribution in [3.05, 3.63) is 70.8 Å². The second kappa shape index (κ2) is 7.19. The Morgan fingerprint density at radius 3 is 3.00 bits per heavy atom. The third-order valence-electron chi connectivity index (χ3n) is 4.49. The molecule has 0 spiro atoms. The summed E-state index contributed by atoms with van der Waals surface area (Å²) < 4.78 is 27.2. The van der Waals surface area contributed by atoms with E-state index >= 15 is 0 Å². The number of nitrogens with one attached hydrogen (secondary N) is 2. The van der Waals surface area contributed by atoms with Crippen LogP contribution in [0.15, 0.2) is 65.1 Å². The molecule has 2 heterocycles. The molecule has 4 rings (SSSR count). The molecule has 7 heteroatoms. The lowest BCUT2D eigenvalue weighted by molar-refractivity contribution is 0.318. The Hall–Kier alpha value is -3.22. The van der Waals surface area contributed by atoms with Gasteiger partial charge in [-0.3, -0.25) is 4.99 Å². The zero-order chi connectivity index (χ0) is 18.8. The molecule has 0 amide bonds. The van der Waals surface area contributed by atoms with Crippen LogP contribution in [0.3, 0.4) is 0 Å². The number of allylic oxidation sites excluding steroid dienone is 3. The van der Waals surface area contributed by atoms with Crippen molar-refractivity contribution in [1.29, 1.82) is 0 Å². The van der Waals surface area contributed by atoms with Crippen LogP contribution in [0, 0.1) is 0 Å². The Kier molecular flexibility index (Phi) is 4.58. The number of rotatable bonds is 5. The molecule has 0 saturated carbocycles. The molecule has 1 unspecified atom stereocenters. The van der Waals surface area contributed by atoms with Crippen LogP contribution in [0.25, 0.3) is 5.82 Å². The summed E-state index contributed by atoms with van der Waals surface area (Å²) in [6, 6.07) is 9.23. The van der Waals surface area contributed by atoms with E-state index in [4.69, 9.17) is 9.47 Å². The minimum atomic E-state index is -1.08. The largest absolute Gasteiger partial charge is 0.497 e. The molecule has 1 atom stereocenters. The molecule has 2 aromatic rings. The third kappa shape index (κ3) is 3.53. The predicted octanol–water partition coefficient (Wildman–Crippen LogP) is 1.46. The number of ether oxygens (including phenoxy) is 2. The fraction of sp³-hybridized carbons (Fsp3) is 0.250. The summed E-state index contributed by atoms with van der Waals surface area (Å²) in [5, 5.41) is 8.46. The van der Waals surface area contributed by atoms with Crippen LogP contribution in [-0.4, -0.2) is 24.5 Å². The highest BCUT2D eigenvalue weighted by molar-refractivity contribution is 5.47. The molecule has 0 saturated heterocycles. The maximum atomic E-state index is 14.0. The van der Waals surface area contributed by atoms with Crippen molar-refractivity contribution in [3.8, 4) is 11.5 Å². The van der Waals surface area contributed by atoms with E-state index < -0.39 is 6.17 Å². The number of fused-ring (bicyclic) bond motifs is 1. The summed E-state index contributed by atoms with van der Waals surface area (Å²) in [4.78, 5) is 4.44. The van der Waals surface area contributed by atoms with Crippen LogP contribution in [-0.2, 0) is 7.05 Å². The fourth-order valence-corrected chi connectivity index (χ4v) is 3.14. The van der Waals surface area contributed by atoms with Gasteiger partial charge in [0.25, 0.3) is 0 Å². The van der Waals surface area contributed by atoms with Crippen LogP contribution < -0.4 is 30.8 Å². The molecule has 6 nitrogen and oxygen atoms in total. The number of aromatic nitrogens is 1. The Labute approximate surface area is 156 Å². The van der Waals surface area contributed by atoms with E-state index in [1.807, 2.05) is 42.1 Å². The molecule has 140 valence electrons. The minimum absolute atomic E-state index is 0.160. The van der Waals surface area contributed by atoms with Gasteiger partial charge >= 0.3 is 0 Å². The third-order valence-corrected chi connectivity index (χ3v) is 4.49. The summed E-state index contributed by atoms with van der Waals surface area (Å²) in [5.41, 5.74) is 0.711. The van der Waals surface area contributed by atoms with Gasteiger partial charge < -0.3 is 24.7 Å². The molecule has 2 aliphatic rings. The van der Waals surface area contributed by atoms with E-state index in [0.717, 1.165) is 16.5 Å². The molecule has 1 aromatic carbocycles. The molecule has 2 N–H and O–H groups in total. The molecule has 27 heavy (non-hydrogen) atoms. The van der Waals surface area contributed by atoms with Crippen LogP contribution >= 0.6 is 0 Å². The number of nitrogens with zero attached hydrogens (tertiary/aromatic N) is 2. The number of hydrogen-bond acceptors (Lipinski definition) is 5. The van der Waals surface area contributed by atoms with Crippen molar-refractivity contribution in [2.75, 3.05) is 13.8 Å². The van der Waals surface area contributed by atoms with Gasteiger partial charge in [0.05, 0.1) is 18.2 Å². The molecular formula is C20H21FN4O2. The highest BCUT2D eigenvalue weighted by Gasteiger charge is 2.20. The van der Waals surface area contributed by atoms with Gasteiger partial charge in [-0.25, -0.2) is 4.39 Å². The Bertz CT molecular complexity index is 1040. The maximum Gasteiger partial charge on any atom is 0.131 e. The first kappa shape index (κ1) is 17.2. The van der Waals surface area contributed by atoms with Crippen molar-refractivity contribution in [1.82, 2.24) is 15.2 Å². The summed E-state index contributed by atoms with van der Waals surface area (Å²) >= 11 is 0. The van der Waals surface area contributed by atoms with Gasteiger partial charge in [-0.1, -0.05) is 6.07 Å². The van der Waals surface area contributed by atoms with Crippen LogP contribution in [0.2, 0.25) is 0 Å². The van der Waals surface area contributed by atoms with E-state index in [1.54, 1.807) is 19.3 Å². The Morgan fingerprint density at radius 2 is 2.15 bits per heavy atom. The summed E-state index contributed by atoms with van der Waals surface area (Å²) in [6.07, 6.45) is 4.28. The first-order valence-corrected chi connectivity index (χ1v) is 8.72. The Morgan fingerprint density at radius 1 is 1.30 bits per heavy atom. The van der Waals surface area contributed by atoms with Crippen molar-refractivity contribution in [2.45, 2.75) is 12.6 Å². The van der Waals surface area contributed by atoms with Crippen LogP contribution in [0.5, 0.6) is 11.5 Å². The maximum absolute atomic E-state index is 14.0. The van der Waals surface area contributed by atoms with E-state index in [2.05, 4.69) is 15.6 Å². The molecule has 1 aliphatic carbocycles. The number of alkyl halides is 1. The standard InChI is InChI=1S/C20H21FN4O2/c1-25-9-8-17-19(25)20(23-12-22-17)24-16-7-6-13(21)10-18(16)27-15-5-3-4-14(11-15)26-2/h3-9,11,13,23-24H,10,12H2,1-2H3. The SMILES string of the molecule is COc1cccc(OC2=C(NC3=c4c(ccn4C)=NCN3)C=CC(F)C2)c1. The first-order chi connectivity index (χ1) is 13.1. The minimum Gasteiger partial charge on any atom is -0.497 e. The van der Waals surface area contributed by atoms with Crippen LogP contribution in [0.4, 0.5) is 4.39 Å². The summed E-state index contributed by atoms with van der Waals surface area (Å²) in [7, 11) is 3.56. The van der Waals surface area contributed by atoms with E-state index in [9.17, 15) is 4.39 Å². The number of benzene rings is 1. The molecule has 1 aromatic heterocycles. The van der Waals surface area contributed by atoms with E-state index in [1.165, 1.54) is 6.08 Å². The normalized spacial score (nSPS) is 18.5. The number of methoxy groups -OCH3 is 1. The Balaban J connectivity index is 1.70. The van der Waals surface area contributed by atoms with Crippen molar-refractivity contribution in [3.63, 3.8) is 0 Å². The number of aryl methyl sites for hydroxylation is 1. The van der Waals surface area contributed by atoms with Crippen molar-refractivity contribution < 1.29 is 13.9 Å². The average molecular weight is 368 g/mol. The van der Waals surface area contributed by atoms with Gasteiger partial charge in [-0.2, -0.15) is 0 Å². The molecule has 0 radical (unpaired) electrons. The van der Waals surface area contributed by atoms with E-state index in [-0.39, 0.29) is 6.42 Å². The number of hydrogen-bond donors (Lipinski definition) is 2. The van der Waals surface area contributed by atoms with Gasteiger partial charge in [-0.15, -0.1) is 0 Å². The lowest BCUT2D eigenvalue weighted by Crippen LogP contribution is -2.44. The summed E-state index contributed by atoms with van der Waals surface area (Å²) in [5.74, 6) is 2.63. The highest BCUT2D eigenvalue weighted by Crippen LogP contribution is 2.26. The first-order valence-electron chi connectivity index (χ1n) is 8.72. The van der Waals surface area contributed by atoms with Gasteiger partial charge in [0.2, 0.25) is 0 Å². The molecular weight excluding hydrogens is 347 g/mol. The van der Waals surface area contributed by atoms with E-state index in [0.29, 0.717) is 29.6 Å². The molecule has 1 aliphatic heterocycles. The predicted molar refractivity (Wildman–Crippen MR) is 100 cm³/mol. The summed E-state index contributed by atoms with van der Waals surface area (Å²) in [6.45, 7) is 0.480. The second-order valence-electron chi connectivity index (χ2n) is 6.35.